The standard InChI is InChI=1S/C12H17N3O3S/c16-19(17,14-15-3-5-18-6-4-15)12-2-1-10-8-13-9-11(10)7-12/h1-2,7,13-14H,3-6,8-9H2. The van der Waals surface area contributed by atoms with E-state index in [9.17, 15) is 8.42 Å². The Bertz CT molecular complexity index is 568. The van der Waals surface area contributed by atoms with Crippen molar-refractivity contribution in [3.8, 4) is 0 Å². The maximum Gasteiger partial charge on any atom is 0.253 e. The number of sulfonamides is 1. The SMILES string of the molecule is O=S(=O)(NN1CCOCC1)c1ccc2c(c1)CNC2. The average molecular weight is 283 g/mol. The van der Waals surface area contributed by atoms with Crippen molar-refractivity contribution in [1.29, 1.82) is 0 Å². The van der Waals surface area contributed by atoms with Gasteiger partial charge in [0.05, 0.1) is 18.1 Å². The van der Waals surface area contributed by atoms with Gasteiger partial charge in [0.2, 0.25) is 0 Å². The van der Waals surface area contributed by atoms with Gasteiger partial charge in [0.25, 0.3) is 10.0 Å². The summed E-state index contributed by atoms with van der Waals surface area (Å²) in [7, 11) is -3.49. The van der Waals surface area contributed by atoms with Crippen LogP contribution in [0.4, 0.5) is 0 Å². The minimum absolute atomic E-state index is 0.321. The molecule has 2 N–H and O–H groups in total. The van der Waals surface area contributed by atoms with Crippen LogP contribution in [0.15, 0.2) is 23.1 Å². The monoisotopic (exact) mass is 283 g/mol. The van der Waals surface area contributed by atoms with Crippen molar-refractivity contribution in [1.82, 2.24) is 15.2 Å². The molecule has 104 valence electrons. The molecule has 0 unspecified atom stereocenters. The van der Waals surface area contributed by atoms with Crippen LogP contribution in [0.25, 0.3) is 0 Å². The summed E-state index contributed by atoms with van der Waals surface area (Å²) in [6.07, 6.45) is 0. The second-order valence-corrected chi connectivity index (χ2v) is 6.39. The van der Waals surface area contributed by atoms with Gasteiger partial charge >= 0.3 is 0 Å². The Balaban J connectivity index is 1.79. The first-order valence-electron chi connectivity index (χ1n) is 6.33. The zero-order chi connectivity index (χ0) is 13.3. The van der Waals surface area contributed by atoms with Crippen molar-refractivity contribution in [2.24, 2.45) is 0 Å². The maximum atomic E-state index is 12.3. The van der Waals surface area contributed by atoms with Crippen LogP contribution in [0.2, 0.25) is 0 Å². The summed E-state index contributed by atoms with van der Waals surface area (Å²) in [5.74, 6) is 0. The lowest BCUT2D eigenvalue weighted by atomic mass is 10.1. The van der Waals surface area contributed by atoms with Crippen molar-refractivity contribution >= 4 is 10.0 Å². The van der Waals surface area contributed by atoms with Crippen molar-refractivity contribution in [3.63, 3.8) is 0 Å². The molecule has 2 heterocycles. The van der Waals surface area contributed by atoms with Crippen molar-refractivity contribution in [2.45, 2.75) is 18.0 Å². The van der Waals surface area contributed by atoms with Gasteiger partial charge in [0.15, 0.2) is 0 Å². The number of benzene rings is 1. The van der Waals surface area contributed by atoms with Crippen molar-refractivity contribution < 1.29 is 13.2 Å². The lowest BCUT2D eigenvalue weighted by Gasteiger charge is -2.26. The molecule has 2 aliphatic rings. The maximum absolute atomic E-state index is 12.3. The molecule has 0 aliphatic carbocycles. The van der Waals surface area contributed by atoms with Crippen LogP contribution in [0.1, 0.15) is 11.1 Å². The molecule has 0 bridgehead atoms. The fourth-order valence-corrected chi connectivity index (χ4v) is 3.49. The number of fused-ring (bicyclic) bond motifs is 1. The molecule has 0 radical (unpaired) electrons. The molecule has 1 aromatic carbocycles. The Hall–Kier alpha value is -0.990. The molecular formula is C12H17N3O3S. The van der Waals surface area contributed by atoms with E-state index in [0.29, 0.717) is 31.2 Å². The number of nitrogens with one attached hydrogen (secondary N) is 2. The normalized spacial score (nSPS) is 20.4. The van der Waals surface area contributed by atoms with Gasteiger partial charge in [-0.2, -0.15) is 0 Å². The third-order valence-corrected chi connectivity index (χ3v) is 4.75. The first kappa shape index (κ1) is 13.0. The fraction of sp³-hybridized carbons (Fsp3) is 0.500. The van der Waals surface area contributed by atoms with Gasteiger partial charge in [-0.25, -0.2) is 13.4 Å². The number of ether oxygens (including phenoxy) is 1. The molecule has 0 amide bonds. The molecule has 0 aromatic heterocycles. The minimum Gasteiger partial charge on any atom is -0.379 e. The summed E-state index contributed by atoms with van der Waals surface area (Å²) in [4.78, 5) is 2.93. The van der Waals surface area contributed by atoms with E-state index in [0.717, 1.165) is 18.7 Å². The molecule has 6 nitrogen and oxygen atoms in total. The average Bonchev–Trinajstić information content (AvgIpc) is 2.86. The first-order chi connectivity index (χ1) is 9.15. The number of hydrazine groups is 1. The lowest BCUT2D eigenvalue weighted by molar-refractivity contribution is 0.0272. The quantitative estimate of drug-likeness (QED) is 0.805. The van der Waals surface area contributed by atoms with E-state index in [1.54, 1.807) is 17.1 Å². The van der Waals surface area contributed by atoms with Crippen LogP contribution < -0.4 is 10.1 Å². The Labute approximate surface area is 112 Å². The Kier molecular flexibility index (Phi) is 3.55. The van der Waals surface area contributed by atoms with E-state index >= 15 is 0 Å². The summed E-state index contributed by atoms with van der Waals surface area (Å²) in [6, 6.07) is 5.29. The van der Waals surface area contributed by atoms with E-state index in [4.69, 9.17) is 4.74 Å². The summed E-state index contributed by atoms with van der Waals surface area (Å²) in [6.45, 7) is 3.80. The first-order valence-corrected chi connectivity index (χ1v) is 7.81. The minimum atomic E-state index is -3.49. The van der Waals surface area contributed by atoms with E-state index in [-0.39, 0.29) is 0 Å². The van der Waals surface area contributed by atoms with Crippen LogP contribution in [-0.2, 0) is 27.8 Å². The number of nitrogens with zero attached hydrogens (tertiary/aromatic N) is 1. The van der Waals surface area contributed by atoms with Crippen molar-refractivity contribution in [2.75, 3.05) is 26.3 Å². The van der Waals surface area contributed by atoms with Crippen LogP contribution in [0.3, 0.4) is 0 Å². The molecule has 19 heavy (non-hydrogen) atoms. The Morgan fingerprint density at radius 3 is 2.68 bits per heavy atom. The molecule has 0 spiro atoms. The predicted molar refractivity (Wildman–Crippen MR) is 69.7 cm³/mol. The molecule has 2 aliphatic heterocycles. The molecule has 1 aromatic rings. The molecule has 0 atom stereocenters. The van der Waals surface area contributed by atoms with Crippen LogP contribution in [-0.4, -0.2) is 39.7 Å². The van der Waals surface area contributed by atoms with E-state index < -0.39 is 10.0 Å². The summed E-state index contributed by atoms with van der Waals surface area (Å²) < 4.78 is 29.8. The highest BCUT2D eigenvalue weighted by Gasteiger charge is 2.22. The second kappa shape index (κ2) is 5.18. The number of morpholine rings is 1. The highest BCUT2D eigenvalue weighted by molar-refractivity contribution is 7.89. The zero-order valence-corrected chi connectivity index (χ0v) is 11.4. The van der Waals surface area contributed by atoms with Crippen molar-refractivity contribution in [3.05, 3.63) is 29.3 Å². The van der Waals surface area contributed by atoms with Crippen LogP contribution in [0.5, 0.6) is 0 Å². The van der Waals surface area contributed by atoms with Gasteiger partial charge < -0.3 is 10.1 Å². The van der Waals surface area contributed by atoms with E-state index in [2.05, 4.69) is 10.1 Å². The highest BCUT2D eigenvalue weighted by atomic mass is 32.2. The second-order valence-electron chi connectivity index (χ2n) is 4.73. The molecule has 3 rings (SSSR count). The van der Waals surface area contributed by atoms with Gasteiger partial charge in [-0.3, -0.25) is 0 Å². The summed E-state index contributed by atoms with van der Waals surface area (Å²) in [5.41, 5.74) is 2.23. The van der Waals surface area contributed by atoms with Gasteiger partial charge in [0, 0.05) is 26.2 Å². The molecule has 1 saturated heterocycles. The Morgan fingerprint density at radius 2 is 1.89 bits per heavy atom. The van der Waals surface area contributed by atoms with E-state index in [1.807, 2.05) is 6.07 Å². The third-order valence-electron chi connectivity index (χ3n) is 3.38. The topological polar surface area (TPSA) is 70.7 Å². The smallest absolute Gasteiger partial charge is 0.253 e. The van der Waals surface area contributed by atoms with Gasteiger partial charge in [0.1, 0.15) is 0 Å². The third kappa shape index (κ3) is 2.80. The van der Waals surface area contributed by atoms with Gasteiger partial charge in [-0.15, -0.1) is 4.83 Å². The zero-order valence-electron chi connectivity index (χ0n) is 10.6. The largest absolute Gasteiger partial charge is 0.379 e. The lowest BCUT2D eigenvalue weighted by Crippen LogP contribution is -2.48. The predicted octanol–water partition coefficient (Wildman–Crippen LogP) is -0.185. The number of rotatable bonds is 3. The highest BCUT2D eigenvalue weighted by Crippen LogP contribution is 2.20. The van der Waals surface area contributed by atoms with Gasteiger partial charge in [-0.1, -0.05) is 6.07 Å². The summed E-state index contributed by atoms with van der Waals surface area (Å²) >= 11 is 0. The number of hydrogen-bond donors (Lipinski definition) is 2. The fourth-order valence-electron chi connectivity index (χ4n) is 2.32. The van der Waals surface area contributed by atoms with Gasteiger partial charge in [-0.05, 0) is 23.3 Å². The molecule has 1 fully saturated rings. The molecule has 7 heteroatoms. The summed E-state index contributed by atoms with van der Waals surface area (Å²) in [5, 5.41) is 4.89. The van der Waals surface area contributed by atoms with Crippen LogP contribution >= 0.6 is 0 Å². The molecule has 0 saturated carbocycles. The number of hydrogen-bond acceptors (Lipinski definition) is 5. The van der Waals surface area contributed by atoms with Crippen LogP contribution in [0, 0.1) is 0 Å². The van der Waals surface area contributed by atoms with E-state index in [1.165, 1.54) is 5.56 Å². The molecular weight excluding hydrogens is 266 g/mol. The Morgan fingerprint density at radius 1 is 1.16 bits per heavy atom.